The van der Waals surface area contributed by atoms with Gasteiger partial charge in [-0.1, -0.05) is 48.5 Å². The number of hydrogen-bond acceptors (Lipinski definition) is 1. The van der Waals surface area contributed by atoms with Crippen molar-refractivity contribution in [2.24, 2.45) is 0 Å². The first kappa shape index (κ1) is 16.8. The molecule has 4 rings (SSSR count). The number of carboxylic acids is 1. The zero-order valence-electron chi connectivity index (χ0n) is 14.2. The molecular formula is C21H19F2NO2. The Labute approximate surface area is 149 Å². The lowest BCUT2D eigenvalue weighted by Crippen LogP contribution is -2.38. The summed E-state index contributed by atoms with van der Waals surface area (Å²) in [7, 11) is 0. The number of hydrogen-bond donors (Lipinski definition) is 1. The van der Waals surface area contributed by atoms with Gasteiger partial charge in [0.15, 0.2) is 0 Å². The molecule has 1 N–H and O–H groups in total. The van der Waals surface area contributed by atoms with E-state index in [0.717, 1.165) is 22.0 Å². The van der Waals surface area contributed by atoms with Gasteiger partial charge in [-0.15, -0.1) is 0 Å². The molecule has 0 spiro atoms. The second-order valence-corrected chi connectivity index (χ2v) is 6.83. The van der Waals surface area contributed by atoms with Crippen LogP contribution in [-0.2, 0) is 17.8 Å². The van der Waals surface area contributed by atoms with Gasteiger partial charge in [0.05, 0.1) is 5.92 Å². The number of aliphatic carboxylic acids is 1. The van der Waals surface area contributed by atoms with Gasteiger partial charge < -0.3 is 9.67 Å². The lowest BCUT2D eigenvalue weighted by molar-refractivity contribution is -0.169. The summed E-state index contributed by atoms with van der Waals surface area (Å²) in [4.78, 5) is 11.3. The minimum atomic E-state index is -3.78. The van der Waals surface area contributed by atoms with Crippen molar-refractivity contribution in [1.29, 1.82) is 0 Å². The molecule has 0 amide bonds. The van der Waals surface area contributed by atoms with E-state index in [1.165, 1.54) is 0 Å². The Hall–Kier alpha value is -2.69. The molecule has 1 aliphatic carbocycles. The lowest BCUT2D eigenvalue weighted by Gasteiger charge is -2.29. The summed E-state index contributed by atoms with van der Waals surface area (Å²) in [5.41, 5.74) is 3.23. The van der Waals surface area contributed by atoms with Gasteiger partial charge in [0.1, 0.15) is 0 Å². The van der Waals surface area contributed by atoms with E-state index in [1.54, 1.807) is 0 Å². The second kappa shape index (κ2) is 6.24. The summed E-state index contributed by atoms with van der Waals surface area (Å²) in [6, 6.07) is 17.3. The van der Waals surface area contributed by atoms with Crippen molar-refractivity contribution in [3.63, 3.8) is 0 Å². The van der Waals surface area contributed by atoms with Crippen LogP contribution in [0, 0.1) is 0 Å². The van der Waals surface area contributed by atoms with E-state index in [4.69, 9.17) is 5.11 Å². The Kier molecular flexibility index (Phi) is 4.02. The van der Waals surface area contributed by atoms with Crippen molar-refractivity contribution < 1.29 is 18.7 Å². The SMILES string of the molecule is O=C(O)C(F)(F)C1CCCc2c1n(Cc1ccccc1)c1ccccc21. The molecule has 1 unspecified atom stereocenters. The Bertz CT molecular complexity index is 963. The van der Waals surface area contributed by atoms with Crippen molar-refractivity contribution in [2.75, 3.05) is 0 Å². The van der Waals surface area contributed by atoms with Crippen LogP contribution >= 0.6 is 0 Å². The normalized spacial score (nSPS) is 17.2. The van der Waals surface area contributed by atoms with E-state index >= 15 is 0 Å². The molecule has 26 heavy (non-hydrogen) atoms. The first-order valence-corrected chi connectivity index (χ1v) is 8.75. The number of halogens is 2. The molecule has 1 aromatic heterocycles. The first-order valence-electron chi connectivity index (χ1n) is 8.75. The van der Waals surface area contributed by atoms with Crippen LogP contribution in [-0.4, -0.2) is 21.6 Å². The van der Waals surface area contributed by atoms with Gasteiger partial charge in [-0.25, -0.2) is 4.79 Å². The summed E-state index contributed by atoms with van der Waals surface area (Å²) < 4.78 is 31.0. The molecule has 0 aliphatic heterocycles. The maximum atomic E-state index is 14.5. The lowest BCUT2D eigenvalue weighted by atomic mass is 9.82. The number of nitrogens with zero attached hydrogens (tertiary/aromatic N) is 1. The van der Waals surface area contributed by atoms with Crippen molar-refractivity contribution in [3.05, 3.63) is 71.4 Å². The van der Waals surface area contributed by atoms with E-state index < -0.39 is 17.8 Å². The Morgan fingerprint density at radius 3 is 2.54 bits per heavy atom. The molecule has 1 atom stereocenters. The van der Waals surface area contributed by atoms with Gasteiger partial charge in [-0.05, 0) is 36.5 Å². The van der Waals surface area contributed by atoms with Gasteiger partial charge in [0.2, 0.25) is 0 Å². The van der Waals surface area contributed by atoms with Crippen LogP contribution in [0.1, 0.15) is 35.6 Å². The molecular weight excluding hydrogens is 336 g/mol. The fraction of sp³-hybridized carbons (Fsp3) is 0.286. The largest absolute Gasteiger partial charge is 0.477 e. The minimum Gasteiger partial charge on any atom is -0.477 e. The monoisotopic (exact) mass is 355 g/mol. The molecule has 5 heteroatoms. The molecule has 3 aromatic rings. The molecule has 2 aromatic carbocycles. The van der Waals surface area contributed by atoms with Crippen LogP contribution in [0.5, 0.6) is 0 Å². The number of carboxylic acid groups (broad SMARTS) is 1. The number of rotatable bonds is 4. The number of aryl methyl sites for hydroxylation is 1. The number of aromatic nitrogens is 1. The van der Waals surface area contributed by atoms with Crippen LogP contribution < -0.4 is 0 Å². The van der Waals surface area contributed by atoms with Gasteiger partial charge in [-0.2, -0.15) is 8.78 Å². The van der Waals surface area contributed by atoms with E-state index in [0.29, 0.717) is 25.1 Å². The summed E-state index contributed by atoms with van der Waals surface area (Å²) in [6.07, 6.45) is 1.45. The molecule has 0 fully saturated rings. The predicted molar refractivity (Wildman–Crippen MR) is 95.7 cm³/mol. The third kappa shape index (κ3) is 2.59. The summed E-state index contributed by atoms with van der Waals surface area (Å²) in [5, 5.41) is 10.1. The highest BCUT2D eigenvalue weighted by molar-refractivity contribution is 5.87. The van der Waals surface area contributed by atoms with Gasteiger partial charge in [0.25, 0.3) is 0 Å². The maximum absolute atomic E-state index is 14.5. The fourth-order valence-corrected chi connectivity index (χ4v) is 4.11. The van der Waals surface area contributed by atoms with Crippen LogP contribution in [0.4, 0.5) is 8.78 Å². The van der Waals surface area contributed by atoms with Crippen LogP contribution in [0.3, 0.4) is 0 Å². The highest BCUT2D eigenvalue weighted by Gasteiger charge is 2.51. The average molecular weight is 355 g/mol. The van der Waals surface area contributed by atoms with Crippen LogP contribution in [0.2, 0.25) is 0 Å². The Balaban J connectivity index is 1.94. The molecule has 1 aliphatic rings. The van der Waals surface area contributed by atoms with Crippen molar-refractivity contribution in [2.45, 2.75) is 37.6 Å². The number of benzene rings is 2. The minimum absolute atomic E-state index is 0.178. The van der Waals surface area contributed by atoms with Crippen molar-refractivity contribution >= 4 is 16.9 Å². The standard InChI is InChI=1S/C21H19F2NO2/c22-21(23,20(25)26)17-11-6-10-16-15-9-4-5-12-18(15)24(19(16)17)13-14-7-2-1-3-8-14/h1-5,7-9,12,17H,6,10-11,13H2,(H,25,26). The fourth-order valence-electron chi connectivity index (χ4n) is 4.11. The topological polar surface area (TPSA) is 42.2 Å². The van der Waals surface area contributed by atoms with Crippen molar-refractivity contribution in [1.82, 2.24) is 4.57 Å². The number of alkyl halides is 2. The van der Waals surface area contributed by atoms with Crippen molar-refractivity contribution in [3.8, 4) is 0 Å². The Morgan fingerprint density at radius 1 is 1.12 bits per heavy atom. The zero-order chi connectivity index (χ0) is 18.3. The number of para-hydroxylation sites is 1. The van der Waals surface area contributed by atoms with Gasteiger partial charge >= 0.3 is 11.9 Å². The summed E-state index contributed by atoms with van der Waals surface area (Å²) in [6.45, 7) is 0.447. The summed E-state index contributed by atoms with van der Waals surface area (Å²) in [5.74, 6) is -7.13. The first-order chi connectivity index (χ1) is 12.5. The van der Waals surface area contributed by atoms with E-state index in [-0.39, 0.29) is 6.42 Å². The average Bonchev–Trinajstić information content (AvgIpc) is 2.97. The quantitative estimate of drug-likeness (QED) is 0.728. The molecule has 0 radical (unpaired) electrons. The second-order valence-electron chi connectivity index (χ2n) is 6.83. The number of carbonyl (C=O) groups is 1. The number of fused-ring (bicyclic) bond motifs is 3. The molecule has 0 saturated heterocycles. The molecule has 134 valence electrons. The highest BCUT2D eigenvalue weighted by atomic mass is 19.3. The van der Waals surface area contributed by atoms with E-state index in [2.05, 4.69) is 0 Å². The third-order valence-corrected chi connectivity index (χ3v) is 5.28. The molecule has 0 bridgehead atoms. The smallest absolute Gasteiger partial charge is 0.375 e. The van der Waals surface area contributed by atoms with E-state index in [1.807, 2.05) is 59.2 Å². The van der Waals surface area contributed by atoms with Gasteiger partial charge in [0, 0.05) is 23.1 Å². The highest BCUT2D eigenvalue weighted by Crippen LogP contribution is 2.46. The zero-order valence-corrected chi connectivity index (χ0v) is 14.2. The summed E-state index contributed by atoms with van der Waals surface area (Å²) >= 11 is 0. The van der Waals surface area contributed by atoms with Gasteiger partial charge in [-0.3, -0.25) is 0 Å². The predicted octanol–water partition coefficient (Wildman–Crippen LogP) is 4.83. The van der Waals surface area contributed by atoms with E-state index in [9.17, 15) is 13.6 Å². The molecule has 3 nitrogen and oxygen atoms in total. The van der Waals surface area contributed by atoms with Crippen LogP contribution in [0.25, 0.3) is 10.9 Å². The molecule has 1 heterocycles. The third-order valence-electron chi connectivity index (χ3n) is 5.28. The molecule has 0 saturated carbocycles. The van der Waals surface area contributed by atoms with Crippen LogP contribution in [0.15, 0.2) is 54.6 Å². The Morgan fingerprint density at radius 2 is 1.81 bits per heavy atom. The maximum Gasteiger partial charge on any atom is 0.375 e.